The summed E-state index contributed by atoms with van der Waals surface area (Å²) < 4.78 is 5.45. The molecule has 0 fully saturated rings. The van der Waals surface area contributed by atoms with E-state index >= 15 is 0 Å². The van der Waals surface area contributed by atoms with Crippen LogP contribution in [0.1, 0.15) is 15.9 Å². The smallest absolute Gasteiger partial charge is 0.237 e. The molecule has 0 aliphatic rings. The molecule has 1 aromatic carbocycles. The molecule has 17 heavy (non-hydrogen) atoms. The Morgan fingerprint density at radius 3 is 2.65 bits per heavy atom. The minimum Gasteiger partial charge on any atom is -0.438 e. The molecule has 0 aliphatic carbocycles. The predicted molar refractivity (Wildman–Crippen MR) is 60.9 cm³/mol. The molecule has 0 amide bonds. The molecule has 0 radical (unpaired) electrons. The van der Waals surface area contributed by atoms with Crippen molar-refractivity contribution in [2.24, 2.45) is 0 Å². The van der Waals surface area contributed by atoms with E-state index in [1.807, 2.05) is 6.07 Å². The summed E-state index contributed by atoms with van der Waals surface area (Å²) in [6, 6.07) is 11.9. The number of aromatic nitrogens is 1. The second-order valence-corrected chi connectivity index (χ2v) is 3.26. The van der Waals surface area contributed by atoms with Crippen molar-refractivity contribution >= 4 is 6.29 Å². The van der Waals surface area contributed by atoms with Gasteiger partial charge in [0.05, 0.1) is 0 Å². The van der Waals surface area contributed by atoms with Gasteiger partial charge in [-0.1, -0.05) is 0 Å². The summed E-state index contributed by atoms with van der Waals surface area (Å²) >= 11 is 0. The van der Waals surface area contributed by atoms with Crippen LogP contribution in [0.3, 0.4) is 0 Å². The molecule has 4 heteroatoms. The largest absolute Gasteiger partial charge is 0.438 e. The number of carbonyl (C=O) groups is 1. The van der Waals surface area contributed by atoms with Gasteiger partial charge in [0, 0.05) is 11.8 Å². The van der Waals surface area contributed by atoms with Gasteiger partial charge in [-0.15, -0.1) is 0 Å². The third-order valence-corrected chi connectivity index (χ3v) is 2.12. The Bertz CT molecular complexity index is 571. The van der Waals surface area contributed by atoms with Crippen LogP contribution in [-0.4, -0.2) is 11.3 Å². The van der Waals surface area contributed by atoms with E-state index in [4.69, 9.17) is 10.00 Å². The zero-order valence-electron chi connectivity index (χ0n) is 8.83. The molecule has 0 spiro atoms. The summed E-state index contributed by atoms with van der Waals surface area (Å²) in [5, 5.41) is 8.86. The van der Waals surface area contributed by atoms with Crippen LogP contribution in [0, 0.1) is 11.3 Å². The number of hydrogen-bond acceptors (Lipinski definition) is 4. The van der Waals surface area contributed by atoms with E-state index in [2.05, 4.69) is 4.98 Å². The highest BCUT2D eigenvalue weighted by Crippen LogP contribution is 2.22. The molecule has 0 saturated heterocycles. The molecular weight excluding hydrogens is 216 g/mol. The molecule has 0 unspecified atom stereocenters. The summed E-state index contributed by atoms with van der Waals surface area (Å²) in [6.45, 7) is 0. The fraction of sp³-hybridized carbons (Fsp3) is 0. The number of nitrogens with zero attached hydrogens (tertiary/aromatic N) is 2. The van der Waals surface area contributed by atoms with Crippen LogP contribution in [0.5, 0.6) is 11.6 Å². The van der Waals surface area contributed by atoms with Crippen LogP contribution in [0.15, 0.2) is 42.6 Å². The lowest BCUT2D eigenvalue weighted by atomic mass is 10.2. The van der Waals surface area contributed by atoms with Gasteiger partial charge in [0.2, 0.25) is 5.88 Å². The zero-order chi connectivity index (χ0) is 12.1. The first-order chi connectivity index (χ1) is 8.33. The molecule has 0 atom stereocenters. The number of benzene rings is 1. The van der Waals surface area contributed by atoms with Gasteiger partial charge in [0.25, 0.3) is 0 Å². The average molecular weight is 224 g/mol. The molecule has 1 heterocycles. The van der Waals surface area contributed by atoms with Gasteiger partial charge in [0.1, 0.15) is 23.7 Å². The van der Waals surface area contributed by atoms with Crippen molar-refractivity contribution in [3.63, 3.8) is 0 Å². The monoisotopic (exact) mass is 224 g/mol. The SMILES string of the molecule is N#Cc1cccnc1Oc1ccc(C=O)cc1. The summed E-state index contributed by atoms with van der Waals surface area (Å²) in [5.74, 6) is 0.791. The van der Waals surface area contributed by atoms with E-state index in [0.29, 0.717) is 16.9 Å². The fourth-order valence-corrected chi connectivity index (χ4v) is 1.28. The highest BCUT2D eigenvalue weighted by Gasteiger charge is 2.04. The molecule has 1 aromatic heterocycles. The number of nitriles is 1. The Labute approximate surface area is 98.1 Å². The zero-order valence-corrected chi connectivity index (χ0v) is 8.83. The third kappa shape index (κ3) is 2.47. The summed E-state index contributed by atoms with van der Waals surface area (Å²) in [5.41, 5.74) is 0.936. The second kappa shape index (κ2) is 4.90. The van der Waals surface area contributed by atoms with Crippen molar-refractivity contribution in [1.29, 1.82) is 5.26 Å². The Morgan fingerprint density at radius 1 is 1.24 bits per heavy atom. The first kappa shape index (κ1) is 10.8. The van der Waals surface area contributed by atoms with Crippen LogP contribution in [0.25, 0.3) is 0 Å². The van der Waals surface area contributed by atoms with Crippen LogP contribution in [-0.2, 0) is 0 Å². The highest BCUT2D eigenvalue weighted by molar-refractivity contribution is 5.74. The second-order valence-electron chi connectivity index (χ2n) is 3.26. The number of carbonyl (C=O) groups excluding carboxylic acids is 1. The van der Waals surface area contributed by atoms with Gasteiger partial charge >= 0.3 is 0 Å². The molecule has 0 N–H and O–H groups in total. The molecule has 0 aliphatic heterocycles. The molecule has 82 valence electrons. The lowest BCUT2D eigenvalue weighted by Gasteiger charge is -2.05. The minimum absolute atomic E-state index is 0.258. The minimum atomic E-state index is 0.258. The standard InChI is InChI=1S/C13H8N2O2/c14-8-11-2-1-7-15-13(11)17-12-5-3-10(9-16)4-6-12/h1-7,9H. The number of pyridine rings is 1. The maximum absolute atomic E-state index is 10.5. The number of aldehydes is 1. The Balaban J connectivity index is 2.25. The Morgan fingerprint density at radius 2 is 2.00 bits per heavy atom. The number of ether oxygens (including phenoxy) is 1. The number of rotatable bonds is 3. The summed E-state index contributed by atoms with van der Waals surface area (Å²) in [4.78, 5) is 14.5. The summed E-state index contributed by atoms with van der Waals surface area (Å²) in [6.07, 6.45) is 2.31. The molecular formula is C13H8N2O2. The predicted octanol–water partition coefficient (Wildman–Crippen LogP) is 2.56. The van der Waals surface area contributed by atoms with E-state index in [9.17, 15) is 4.79 Å². The van der Waals surface area contributed by atoms with E-state index in [1.165, 1.54) is 0 Å². The quantitative estimate of drug-likeness (QED) is 0.751. The van der Waals surface area contributed by atoms with E-state index in [0.717, 1.165) is 6.29 Å². The van der Waals surface area contributed by atoms with Gasteiger partial charge in [-0.2, -0.15) is 5.26 Å². The van der Waals surface area contributed by atoms with Crippen LogP contribution in [0.4, 0.5) is 0 Å². The van der Waals surface area contributed by atoms with Gasteiger partial charge in [-0.3, -0.25) is 4.79 Å². The number of hydrogen-bond donors (Lipinski definition) is 0. The molecule has 0 bridgehead atoms. The first-order valence-corrected chi connectivity index (χ1v) is 4.91. The van der Waals surface area contributed by atoms with E-state index in [1.54, 1.807) is 42.6 Å². The maximum atomic E-state index is 10.5. The average Bonchev–Trinajstić information content (AvgIpc) is 2.40. The molecule has 0 saturated carbocycles. The lowest BCUT2D eigenvalue weighted by Crippen LogP contribution is -1.91. The normalized spacial score (nSPS) is 9.35. The van der Waals surface area contributed by atoms with Gasteiger partial charge in [-0.25, -0.2) is 4.98 Å². The molecule has 2 aromatic rings. The maximum Gasteiger partial charge on any atom is 0.237 e. The van der Waals surface area contributed by atoms with Gasteiger partial charge in [-0.05, 0) is 36.4 Å². The Kier molecular flexibility index (Phi) is 3.13. The topological polar surface area (TPSA) is 63.0 Å². The van der Waals surface area contributed by atoms with Crippen LogP contribution >= 0.6 is 0 Å². The van der Waals surface area contributed by atoms with Crippen molar-refractivity contribution in [2.75, 3.05) is 0 Å². The van der Waals surface area contributed by atoms with Crippen molar-refractivity contribution in [3.8, 4) is 17.7 Å². The highest BCUT2D eigenvalue weighted by atomic mass is 16.5. The first-order valence-electron chi connectivity index (χ1n) is 4.91. The lowest BCUT2D eigenvalue weighted by molar-refractivity contribution is 0.112. The van der Waals surface area contributed by atoms with Gasteiger partial charge < -0.3 is 4.74 Å². The molecule has 2 rings (SSSR count). The fourth-order valence-electron chi connectivity index (χ4n) is 1.28. The van der Waals surface area contributed by atoms with Gasteiger partial charge in [0.15, 0.2) is 0 Å². The van der Waals surface area contributed by atoms with E-state index < -0.39 is 0 Å². The summed E-state index contributed by atoms with van der Waals surface area (Å²) in [7, 11) is 0. The Hall–Kier alpha value is -2.67. The van der Waals surface area contributed by atoms with Crippen LogP contribution in [0.2, 0.25) is 0 Å². The van der Waals surface area contributed by atoms with Crippen molar-refractivity contribution in [3.05, 3.63) is 53.7 Å². The van der Waals surface area contributed by atoms with Crippen molar-refractivity contribution in [2.45, 2.75) is 0 Å². The molecule has 4 nitrogen and oxygen atoms in total. The van der Waals surface area contributed by atoms with Crippen LogP contribution < -0.4 is 4.74 Å². The third-order valence-electron chi connectivity index (χ3n) is 2.12. The van der Waals surface area contributed by atoms with E-state index in [-0.39, 0.29) is 5.88 Å². The van der Waals surface area contributed by atoms with Crippen molar-refractivity contribution < 1.29 is 9.53 Å². The van der Waals surface area contributed by atoms with Crippen molar-refractivity contribution in [1.82, 2.24) is 4.98 Å².